The van der Waals surface area contributed by atoms with Crippen LogP contribution in [0.1, 0.15) is 37.3 Å². The molecule has 0 spiro atoms. The van der Waals surface area contributed by atoms with Gasteiger partial charge in [0.25, 0.3) is 0 Å². The average molecular weight is 441 g/mol. The highest BCUT2D eigenvalue weighted by molar-refractivity contribution is 7.92. The maximum atomic E-state index is 13.3. The molecule has 0 unspecified atom stereocenters. The number of sulfonamides is 1. The van der Waals surface area contributed by atoms with Crippen LogP contribution in [0.3, 0.4) is 0 Å². The SMILES string of the molecule is CC(C)c1ccc(CCCNC(=O)CN(c2ccc(F)c(Cl)c2)S(C)(=O)=O)cc1. The second-order valence-electron chi connectivity index (χ2n) is 7.22. The van der Waals surface area contributed by atoms with Crippen LogP contribution in [0.5, 0.6) is 0 Å². The van der Waals surface area contributed by atoms with Gasteiger partial charge in [-0.1, -0.05) is 49.7 Å². The Kier molecular flexibility index (Phi) is 8.05. The highest BCUT2D eigenvalue weighted by Crippen LogP contribution is 2.24. The number of rotatable bonds is 9. The number of carbonyl (C=O) groups is 1. The van der Waals surface area contributed by atoms with Crippen LogP contribution in [-0.4, -0.2) is 33.7 Å². The van der Waals surface area contributed by atoms with Gasteiger partial charge in [0, 0.05) is 6.54 Å². The van der Waals surface area contributed by atoms with E-state index in [4.69, 9.17) is 11.6 Å². The number of benzene rings is 2. The summed E-state index contributed by atoms with van der Waals surface area (Å²) < 4.78 is 38.4. The quantitative estimate of drug-likeness (QED) is 0.596. The lowest BCUT2D eigenvalue weighted by atomic mass is 10.0. The number of hydrogen-bond acceptors (Lipinski definition) is 3. The van der Waals surface area contributed by atoms with E-state index in [-0.39, 0.29) is 10.7 Å². The Labute approximate surface area is 176 Å². The van der Waals surface area contributed by atoms with Crippen LogP contribution in [0, 0.1) is 5.82 Å². The Morgan fingerprint density at radius 2 is 1.83 bits per heavy atom. The van der Waals surface area contributed by atoms with Crippen molar-refractivity contribution in [2.45, 2.75) is 32.6 Å². The molecule has 0 aliphatic carbocycles. The molecular weight excluding hydrogens is 415 g/mol. The van der Waals surface area contributed by atoms with Crippen molar-refractivity contribution in [1.82, 2.24) is 5.32 Å². The molecular formula is C21H26ClFN2O3S. The number of halogens is 2. The summed E-state index contributed by atoms with van der Waals surface area (Å²) in [6.45, 7) is 4.31. The Hall–Kier alpha value is -2.12. The van der Waals surface area contributed by atoms with E-state index >= 15 is 0 Å². The second kappa shape index (κ2) is 10.1. The van der Waals surface area contributed by atoms with Crippen molar-refractivity contribution in [2.24, 2.45) is 0 Å². The summed E-state index contributed by atoms with van der Waals surface area (Å²) in [6, 6.07) is 11.9. The molecule has 29 heavy (non-hydrogen) atoms. The van der Waals surface area contributed by atoms with Crippen LogP contribution in [0.15, 0.2) is 42.5 Å². The molecule has 5 nitrogen and oxygen atoms in total. The molecule has 1 N–H and O–H groups in total. The zero-order chi connectivity index (χ0) is 21.6. The van der Waals surface area contributed by atoms with E-state index in [1.54, 1.807) is 0 Å². The van der Waals surface area contributed by atoms with Crippen molar-refractivity contribution in [3.8, 4) is 0 Å². The molecule has 0 radical (unpaired) electrons. The molecule has 2 aromatic carbocycles. The fourth-order valence-corrected chi connectivity index (χ4v) is 3.84. The maximum Gasteiger partial charge on any atom is 0.240 e. The van der Waals surface area contributed by atoms with E-state index in [0.29, 0.717) is 12.5 Å². The second-order valence-corrected chi connectivity index (χ2v) is 9.53. The highest BCUT2D eigenvalue weighted by atomic mass is 35.5. The van der Waals surface area contributed by atoms with E-state index < -0.39 is 28.3 Å². The number of hydrogen-bond donors (Lipinski definition) is 1. The number of carbonyl (C=O) groups excluding carboxylic acids is 1. The van der Waals surface area contributed by atoms with Crippen LogP contribution in [0.25, 0.3) is 0 Å². The Balaban J connectivity index is 1.89. The topological polar surface area (TPSA) is 66.5 Å². The number of amides is 1. The number of anilines is 1. The van der Waals surface area contributed by atoms with Crippen molar-refractivity contribution in [1.29, 1.82) is 0 Å². The molecule has 0 aliphatic heterocycles. The van der Waals surface area contributed by atoms with E-state index in [2.05, 4.69) is 43.4 Å². The normalized spacial score (nSPS) is 11.5. The molecule has 2 aromatic rings. The van der Waals surface area contributed by atoms with Gasteiger partial charge in [-0.3, -0.25) is 9.10 Å². The standard InChI is InChI=1S/C21H26ClFN2O3S/c1-15(2)17-8-6-16(7-9-17)5-4-12-24-21(26)14-25(29(3,27)28)18-10-11-20(23)19(22)13-18/h6-11,13,15H,4-5,12,14H2,1-3H3,(H,24,26). The van der Waals surface area contributed by atoms with Crippen LogP contribution in [0.2, 0.25) is 5.02 Å². The van der Waals surface area contributed by atoms with Gasteiger partial charge in [-0.15, -0.1) is 0 Å². The lowest BCUT2D eigenvalue weighted by molar-refractivity contribution is -0.119. The third kappa shape index (κ3) is 7.01. The van der Waals surface area contributed by atoms with Crippen molar-refractivity contribution >= 4 is 33.2 Å². The summed E-state index contributed by atoms with van der Waals surface area (Å²) in [4.78, 5) is 12.2. The van der Waals surface area contributed by atoms with Crippen LogP contribution >= 0.6 is 11.6 Å². The van der Waals surface area contributed by atoms with Crippen molar-refractivity contribution in [3.05, 3.63) is 64.4 Å². The van der Waals surface area contributed by atoms with E-state index in [0.717, 1.165) is 29.5 Å². The van der Waals surface area contributed by atoms with Gasteiger partial charge in [0.2, 0.25) is 15.9 Å². The van der Waals surface area contributed by atoms with Crippen molar-refractivity contribution < 1.29 is 17.6 Å². The largest absolute Gasteiger partial charge is 0.355 e. The maximum absolute atomic E-state index is 13.3. The summed E-state index contributed by atoms with van der Waals surface area (Å²) in [7, 11) is -3.74. The third-order valence-corrected chi connectivity index (χ3v) is 5.92. The van der Waals surface area contributed by atoms with E-state index in [1.807, 2.05) is 0 Å². The average Bonchev–Trinajstić information content (AvgIpc) is 2.65. The van der Waals surface area contributed by atoms with Crippen LogP contribution in [-0.2, 0) is 21.2 Å². The fourth-order valence-electron chi connectivity index (χ4n) is 2.82. The van der Waals surface area contributed by atoms with E-state index in [9.17, 15) is 17.6 Å². The Bertz CT molecular complexity index is 947. The number of aryl methyl sites for hydroxylation is 1. The number of nitrogens with zero attached hydrogens (tertiary/aromatic N) is 1. The molecule has 2 rings (SSSR count). The van der Waals surface area contributed by atoms with Gasteiger partial charge in [-0.2, -0.15) is 0 Å². The molecule has 0 atom stereocenters. The van der Waals surface area contributed by atoms with Gasteiger partial charge in [0.15, 0.2) is 0 Å². The van der Waals surface area contributed by atoms with Crippen LogP contribution in [0.4, 0.5) is 10.1 Å². The van der Waals surface area contributed by atoms with Gasteiger partial charge < -0.3 is 5.32 Å². The first kappa shape index (κ1) is 23.2. The molecule has 0 saturated heterocycles. The lowest BCUT2D eigenvalue weighted by Gasteiger charge is -2.22. The first-order chi connectivity index (χ1) is 13.6. The molecule has 8 heteroatoms. The predicted octanol–water partition coefficient (Wildman–Crippen LogP) is 4.12. The first-order valence-electron chi connectivity index (χ1n) is 9.36. The minimum absolute atomic E-state index is 0.138. The molecule has 0 saturated carbocycles. The van der Waals surface area contributed by atoms with Crippen LogP contribution < -0.4 is 9.62 Å². The zero-order valence-corrected chi connectivity index (χ0v) is 18.4. The zero-order valence-electron chi connectivity index (χ0n) is 16.8. The molecule has 0 fully saturated rings. The molecule has 0 aromatic heterocycles. The third-order valence-electron chi connectivity index (χ3n) is 4.49. The first-order valence-corrected chi connectivity index (χ1v) is 11.6. The summed E-state index contributed by atoms with van der Waals surface area (Å²) in [5, 5.41) is 2.52. The Morgan fingerprint density at radius 1 is 1.17 bits per heavy atom. The van der Waals surface area contributed by atoms with Gasteiger partial charge in [-0.25, -0.2) is 12.8 Å². The molecule has 1 amide bonds. The Morgan fingerprint density at radius 3 is 2.38 bits per heavy atom. The van der Waals surface area contributed by atoms with Gasteiger partial charge >= 0.3 is 0 Å². The monoisotopic (exact) mass is 440 g/mol. The van der Waals surface area contributed by atoms with Gasteiger partial charge in [0.1, 0.15) is 12.4 Å². The van der Waals surface area contributed by atoms with Gasteiger partial charge in [0.05, 0.1) is 17.0 Å². The van der Waals surface area contributed by atoms with Crippen molar-refractivity contribution in [2.75, 3.05) is 23.7 Å². The molecule has 158 valence electrons. The predicted molar refractivity (Wildman–Crippen MR) is 115 cm³/mol. The fraction of sp³-hybridized carbons (Fsp3) is 0.381. The summed E-state index contributed by atoms with van der Waals surface area (Å²) >= 11 is 5.74. The summed E-state index contributed by atoms with van der Waals surface area (Å²) in [5.74, 6) is -0.613. The smallest absolute Gasteiger partial charge is 0.240 e. The molecule has 0 aliphatic rings. The van der Waals surface area contributed by atoms with Gasteiger partial charge in [-0.05, 0) is 48.1 Å². The van der Waals surface area contributed by atoms with E-state index in [1.165, 1.54) is 23.3 Å². The molecule has 0 bridgehead atoms. The number of nitrogens with one attached hydrogen (secondary N) is 1. The molecule has 0 heterocycles. The minimum Gasteiger partial charge on any atom is -0.355 e. The highest BCUT2D eigenvalue weighted by Gasteiger charge is 2.21. The summed E-state index contributed by atoms with van der Waals surface area (Å²) in [6.07, 6.45) is 2.52. The summed E-state index contributed by atoms with van der Waals surface area (Å²) in [5.41, 5.74) is 2.60. The lowest BCUT2D eigenvalue weighted by Crippen LogP contribution is -2.40. The van der Waals surface area contributed by atoms with Crippen molar-refractivity contribution in [3.63, 3.8) is 0 Å². The minimum atomic E-state index is -3.74.